The van der Waals surface area contributed by atoms with E-state index in [1.165, 1.54) is 0 Å². The molecule has 0 bridgehead atoms. The first kappa shape index (κ1) is 15.5. The van der Waals surface area contributed by atoms with Crippen LogP contribution in [0, 0.1) is 13.8 Å². The Hall–Kier alpha value is -1.85. The number of sulfonamides is 1. The van der Waals surface area contributed by atoms with Crippen LogP contribution in [0.5, 0.6) is 5.75 Å². The molecule has 0 aliphatic carbocycles. The average molecular weight is 305 g/mol. The van der Waals surface area contributed by atoms with E-state index in [0.717, 1.165) is 22.4 Å². The van der Waals surface area contributed by atoms with Gasteiger partial charge >= 0.3 is 0 Å². The maximum atomic E-state index is 12.2. The molecule has 0 aliphatic rings. The van der Waals surface area contributed by atoms with Crippen molar-refractivity contribution in [3.05, 3.63) is 59.2 Å². The monoisotopic (exact) mass is 305 g/mol. The van der Waals surface area contributed by atoms with Crippen LogP contribution in [0.25, 0.3) is 0 Å². The Kier molecular flexibility index (Phi) is 4.65. The number of rotatable bonds is 5. The Bertz CT molecular complexity index is 725. The Morgan fingerprint density at radius 1 is 1.10 bits per heavy atom. The highest BCUT2D eigenvalue weighted by Gasteiger charge is 2.15. The summed E-state index contributed by atoms with van der Waals surface area (Å²) in [6.07, 6.45) is 0. The molecule has 0 aromatic heterocycles. The molecule has 5 heteroatoms. The Labute approximate surface area is 125 Å². The van der Waals surface area contributed by atoms with Crippen LogP contribution in [-0.2, 0) is 16.6 Å². The van der Waals surface area contributed by atoms with E-state index in [1.807, 2.05) is 26.0 Å². The van der Waals surface area contributed by atoms with Gasteiger partial charge in [-0.1, -0.05) is 35.9 Å². The second kappa shape index (κ2) is 6.28. The smallest absolute Gasteiger partial charge is 0.240 e. The summed E-state index contributed by atoms with van der Waals surface area (Å²) >= 11 is 0. The average Bonchev–Trinajstić information content (AvgIpc) is 2.46. The predicted octanol–water partition coefficient (Wildman–Crippen LogP) is 2.79. The predicted molar refractivity (Wildman–Crippen MR) is 82.9 cm³/mol. The van der Waals surface area contributed by atoms with Crippen LogP contribution in [0.2, 0.25) is 0 Å². The van der Waals surface area contributed by atoms with Crippen molar-refractivity contribution in [3.8, 4) is 5.75 Å². The van der Waals surface area contributed by atoms with Crippen LogP contribution in [0.1, 0.15) is 16.7 Å². The van der Waals surface area contributed by atoms with Gasteiger partial charge in [-0.15, -0.1) is 0 Å². The molecule has 0 aliphatic heterocycles. The van der Waals surface area contributed by atoms with E-state index >= 15 is 0 Å². The number of benzene rings is 2. The van der Waals surface area contributed by atoms with E-state index in [0.29, 0.717) is 0 Å². The lowest BCUT2D eigenvalue weighted by molar-refractivity contribution is 0.406. The fourth-order valence-electron chi connectivity index (χ4n) is 2.32. The van der Waals surface area contributed by atoms with Gasteiger partial charge in [-0.05, 0) is 31.5 Å². The van der Waals surface area contributed by atoms with Gasteiger partial charge in [-0.25, -0.2) is 13.1 Å². The van der Waals surface area contributed by atoms with Crippen LogP contribution in [0.4, 0.5) is 0 Å². The van der Waals surface area contributed by atoms with Gasteiger partial charge in [0.2, 0.25) is 10.0 Å². The molecule has 0 saturated carbocycles. The molecular formula is C16H19NO3S. The quantitative estimate of drug-likeness (QED) is 0.924. The molecule has 2 aromatic rings. The molecule has 2 rings (SSSR count). The second-order valence-electron chi connectivity index (χ2n) is 4.91. The molecule has 0 saturated heterocycles. The van der Waals surface area contributed by atoms with Crippen LogP contribution in [0.15, 0.2) is 47.4 Å². The Morgan fingerprint density at radius 3 is 2.38 bits per heavy atom. The molecule has 0 unspecified atom stereocenters. The molecule has 2 aromatic carbocycles. The van der Waals surface area contributed by atoms with E-state index in [-0.39, 0.29) is 11.4 Å². The second-order valence-corrected chi connectivity index (χ2v) is 6.68. The van der Waals surface area contributed by atoms with E-state index in [1.54, 1.807) is 37.4 Å². The van der Waals surface area contributed by atoms with Crippen molar-refractivity contribution in [1.82, 2.24) is 4.72 Å². The van der Waals surface area contributed by atoms with Crippen LogP contribution >= 0.6 is 0 Å². The lowest BCUT2D eigenvalue weighted by atomic mass is 10.1. The third-order valence-corrected chi connectivity index (χ3v) is 4.62. The van der Waals surface area contributed by atoms with Gasteiger partial charge in [0, 0.05) is 12.1 Å². The van der Waals surface area contributed by atoms with Crippen molar-refractivity contribution in [2.24, 2.45) is 0 Å². The van der Waals surface area contributed by atoms with Crippen molar-refractivity contribution in [1.29, 1.82) is 0 Å². The highest BCUT2D eigenvalue weighted by molar-refractivity contribution is 7.89. The molecule has 0 amide bonds. The lowest BCUT2D eigenvalue weighted by Gasteiger charge is -2.13. The van der Waals surface area contributed by atoms with Crippen LogP contribution in [-0.4, -0.2) is 15.5 Å². The standard InChI is InChI=1S/C16H19NO3S/c1-12-9-13(2)16(20-3)14(10-12)11-17-21(18,19)15-7-5-4-6-8-15/h4-10,17H,11H2,1-3H3. The third kappa shape index (κ3) is 3.62. The zero-order chi connectivity index (χ0) is 15.5. The number of hydrogen-bond donors (Lipinski definition) is 1. The normalized spacial score (nSPS) is 11.4. The summed E-state index contributed by atoms with van der Waals surface area (Å²) in [5.41, 5.74) is 2.89. The summed E-state index contributed by atoms with van der Waals surface area (Å²) in [6.45, 7) is 4.12. The van der Waals surface area contributed by atoms with E-state index in [4.69, 9.17) is 4.74 Å². The number of aryl methyl sites for hydroxylation is 2. The molecule has 21 heavy (non-hydrogen) atoms. The highest BCUT2D eigenvalue weighted by Crippen LogP contribution is 2.25. The molecule has 1 N–H and O–H groups in total. The molecule has 4 nitrogen and oxygen atoms in total. The topological polar surface area (TPSA) is 55.4 Å². The zero-order valence-corrected chi connectivity index (χ0v) is 13.2. The first-order valence-corrected chi connectivity index (χ1v) is 8.11. The van der Waals surface area contributed by atoms with Gasteiger partial charge in [0.15, 0.2) is 0 Å². The minimum atomic E-state index is -3.51. The summed E-state index contributed by atoms with van der Waals surface area (Å²) in [5.74, 6) is 0.719. The largest absolute Gasteiger partial charge is 0.496 e. The van der Waals surface area contributed by atoms with Gasteiger partial charge in [0.25, 0.3) is 0 Å². The summed E-state index contributed by atoms with van der Waals surface area (Å²) < 4.78 is 32.4. The summed E-state index contributed by atoms with van der Waals surface area (Å²) in [6, 6.07) is 12.3. The zero-order valence-electron chi connectivity index (χ0n) is 12.4. The van der Waals surface area contributed by atoms with E-state index in [9.17, 15) is 8.42 Å². The first-order chi connectivity index (χ1) is 9.94. The minimum absolute atomic E-state index is 0.197. The van der Waals surface area contributed by atoms with E-state index in [2.05, 4.69) is 4.72 Å². The van der Waals surface area contributed by atoms with Crippen molar-refractivity contribution in [2.75, 3.05) is 7.11 Å². The number of ether oxygens (including phenoxy) is 1. The third-order valence-electron chi connectivity index (χ3n) is 3.21. The minimum Gasteiger partial charge on any atom is -0.496 e. The van der Waals surface area contributed by atoms with Crippen LogP contribution < -0.4 is 9.46 Å². The molecule has 112 valence electrons. The fourth-order valence-corrected chi connectivity index (χ4v) is 3.35. The number of nitrogens with one attached hydrogen (secondary N) is 1. The van der Waals surface area contributed by atoms with Gasteiger partial charge in [-0.3, -0.25) is 0 Å². The maximum absolute atomic E-state index is 12.2. The summed E-state index contributed by atoms with van der Waals surface area (Å²) in [7, 11) is -1.92. The molecule has 0 spiro atoms. The van der Waals surface area contributed by atoms with Gasteiger partial charge in [0.1, 0.15) is 5.75 Å². The molecule has 0 heterocycles. The van der Waals surface area contributed by atoms with Crippen molar-refractivity contribution in [2.45, 2.75) is 25.3 Å². The van der Waals surface area contributed by atoms with Gasteiger partial charge < -0.3 is 4.74 Å². The molecular weight excluding hydrogens is 286 g/mol. The Morgan fingerprint density at radius 2 is 1.76 bits per heavy atom. The Balaban J connectivity index is 2.24. The van der Waals surface area contributed by atoms with Gasteiger partial charge in [0.05, 0.1) is 12.0 Å². The highest BCUT2D eigenvalue weighted by atomic mass is 32.2. The maximum Gasteiger partial charge on any atom is 0.240 e. The van der Waals surface area contributed by atoms with Crippen molar-refractivity contribution < 1.29 is 13.2 Å². The fraction of sp³-hybridized carbons (Fsp3) is 0.250. The molecule has 0 radical (unpaired) electrons. The number of methoxy groups -OCH3 is 1. The first-order valence-electron chi connectivity index (χ1n) is 6.63. The number of hydrogen-bond acceptors (Lipinski definition) is 3. The van der Waals surface area contributed by atoms with E-state index < -0.39 is 10.0 Å². The van der Waals surface area contributed by atoms with Crippen molar-refractivity contribution >= 4 is 10.0 Å². The molecule has 0 fully saturated rings. The SMILES string of the molecule is COc1c(C)cc(C)cc1CNS(=O)(=O)c1ccccc1. The van der Waals surface area contributed by atoms with Crippen LogP contribution in [0.3, 0.4) is 0 Å². The summed E-state index contributed by atoms with van der Waals surface area (Å²) in [4.78, 5) is 0.258. The van der Waals surface area contributed by atoms with Gasteiger partial charge in [-0.2, -0.15) is 0 Å². The lowest BCUT2D eigenvalue weighted by Crippen LogP contribution is -2.23. The van der Waals surface area contributed by atoms with Crippen molar-refractivity contribution in [3.63, 3.8) is 0 Å². The summed E-state index contributed by atoms with van der Waals surface area (Å²) in [5, 5.41) is 0. The molecule has 0 atom stereocenters.